The summed E-state index contributed by atoms with van der Waals surface area (Å²) < 4.78 is 0. The van der Waals surface area contributed by atoms with E-state index in [9.17, 15) is 10.1 Å². The summed E-state index contributed by atoms with van der Waals surface area (Å²) in [4.78, 5) is 22.4. The minimum absolute atomic E-state index is 0.0330. The van der Waals surface area contributed by atoms with Crippen molar-refractivity contribution in [1.29, 1.82) is 0 Å². The van der Waals surface area contributed by atoms with E-state index in [-0.39, 0.29) is 22.7 Å². The number of amidine groups is 1. The van der Waals surface area contributed by atoms with Crippen LogP contribution in [0.4, 0.5) is 5.69 Å². The monoisotopic (exact) mass is 354 g/mol. The summed E-state index contributed by atoms with van der Waals surface area (Å²) in [6, 6.07) is 13.1. The third-order valence-corrected chi connectivity index (χ3v) is 5.90. The molecule has 4 rings (SSSR count). The van der Waals surface area contributed by atoms with Crippen molar-refractivity contribution in [3.05, 3.63) is 70.0 Å². The fourth-order valence-electron chi connectivity index (χ4n) is 3.50. The van der Waals surface area contributed by atoms with Gasteiger partial charge in [0.1, 0.15) is 6.04 Å². The van der Waals surface area contributed by atoms with Gasteiger partial charge in [0.25, 0.3) is 5.69 Å². The van der Waals surface area contributed by atoms with E-state index in [0.717, 1.165) is 28.6 Å². The molecule has 0 aliphatic carbocycles. The topological polar surface area (TPSA) is 71.6 Å². The summed E-state index contributed by atoms with van der Waals surface area (Å²) in [5, 5.41) is 12.0. The molecule has 0 unspecified atom stereocenters. The van der Waals surface area contributed by atoms with E-state index in [1.165, 1.54) is 0 Å². The van der Waals surface area contributed by atoms with Crippen LogP contribution in [0.15, 0.2) is 53.7 Å². The summed E-state index contributed by atoms with van der Waals surface area (Å²) in [5.41, 5.74) is 2.09. The molecule has 0 radical (unpaired) electrons. The van der Waals surface area contributed by atoms with Gasteiger partial charge in [-0.25, -0.2) is 0 Å². The molecule has 0 spiro atoms. The first-order valence-corrected chi connectivity index (χ1v) is 9.32. The van der Waals surface area contributed by atoms with Crippen LogP contribution in [0.5, 0.6) is 0 Å². The SMILES string of the molecule is CC[C@H]1CSC2=N[C@H](c3ccccn3)[C@@H](c3ccc([N+](=O)[O-])cc3)N21. The molecule has 3 heterocycles. The Labute approximate surface area is 150 Å². The normalized spacial score (nSPS) is 24.9. The van der Waals surface area contributed by atoms with Crippen molar-refractivity contribution >= 4 is 22.6 Å². The van der Waals surface area contributed by atoms with Gasteiger partial charge in [-0.1, -0.05) is 36.9 Å². The van der Waals surface area contributed by atoms with Gasteiger partial charge in [0.15, 0.2) is 5.17 Å². The number of thioether (sulfide) groups is 1. The lowest BCUT2D eigenvalue weighted by molar-refractivity contribution is -0.384. The summed E-state index contributed by atoms with van der Waals surface area (Å²) in [6.45, 7) is 2.19. The van der Waals surface area contributed by atoms with Gasteiger partial charge in [0.05, 0.1) is 16.7 Å². The maximum absolute atomic E-state index is 11.0. The number of nitro benzene ring substituents is 1. The van der Waals surface area contributed by atoms with Crippen molar-refractivity contribution in [2.75, 3.05) is 5.75 Å². The first kappa shape index (κ1) is 16.1. The van der Waals surface area contributed by atoms with Gasteiger partial charge in [-0.3, -0.25) is 20.1 Å². The van der Waals surface area contributed by atoms with Gasteiger partial charge < -0.3 is 4.90 Å². The Morgan fingerprint density at radius 3 is 2.72 bits per heavy atom. The Morgan fingerprint density at radius 1 is 1.28 bits per heavy atom. The van der Waals surface area contributed by atoms with Crippen molar-refractivity contribution < 1.29 is 4.92 Å². The summed E-state index contributed by atoms with van der Waals surface area (Å²) >= 11 is 1.79. The molecular weight excluding hydrogens is 336 g/mol. The number of aliphatic imine (C=N–C) groups is 1. The zero-order valence-corrected chi connectivity index (χ0v) is 14.6. The van der Waals surface area contributed by atoms with E-state index in [4.69, 9.17) is 4.99 Å². The van der Waals surface area contributed by atoms with E-state index in [1.54, 1.807) is 30.1 Å². The van der Waals surface area contributed by atoms with E-state index in [0.29, 0.717) is 6.04 Å². The van der Waals surface area contributed by atoms with Crippen molar-refractivity contribution in [3.63, 3.8) is 0 Å². The maximum atomic E-state index is 11.0. The number of hydrogen-bond donors (Lipinski definition) is 0. The van der Waals surface area contributed by atoms with Gasteiger partial charge in [0, 0.05) is 30.1 Å². The minimum atomic E-state index is -0.364. The van der Waals surface area contributed by atoms with Gasteiger partial charge in [-0.2, -0.15) is 0 Å². The number of hydrogen-bond acceptors (Lipinski definition) is 6. The molecule has 6 nitrogen and oxygen atoms in total. The number of benzene rings is 1. The third kappa shape index (κ3) is 2.78. The summed E-state index contributed by atoms with van der Waals surface area (Å²) in [6.07, 6.45) is 2.83. The van der Waals surface area contributed by atoms with E-state index in [2.05, 4.69) is 16.8 Å². The molecule has 0 saturated carbocycles. The van der Waals surface area contributed by atoms with Crippen LogP contribution in [0.2, 0.25) is 0 Å². The van der Waals surface area contributed by atoms with Gasteiger partial charge in [-0.05, 0) is 24.1 Å². The van der Waals surface area contributed by atoms with Crippen LogP contribution < -0.4 is 0 Å². The molecule has 7 heteroatoms. The highest BCUT2D eigenvalue weighted by Crippen LogP contribution is 2.48. The van der Waals surface area contributed by atoms with Crippen molar-refractivity contribution in [2.24, 2.45) is 4.99 Å². The number of nitrogens with zero attached hydrogens (tertiary/aromatic N) is 4. The van der Waals surface area contributed by atoms with Crippen LogP contribution in [0.1, 0.15) is 36.7 Å². The molecule has 2 aromatic rings. The molecule has 1 fully saturated rings. The highest BCUT2D eigenvalue weighted by atomic mass is 32.2. The molecule has 2 aliphatic heterocycles. The smallest absolute Gasteiger partial charge is 0.269 e. The number of aromatic nitrogens is 1. The molecule has 0 N–H and O–H groups in total. The van der Waals surface area contributed by atoms with E-state index < -0.39 is 0 Å². The van der Waals surface area contributed by atoms with Crippen LogP contribution in [0.3, 0.4) is 0 Å². The first-order valence-electron chi connectivity index (χ1n) is 8.33. The second-order valence-electron chi connectivity index (χ2n) is 6.18. The second kappa shape index (κ2) is 6.48. The standard InChI is InChI=1S/C18H18N4O2S/c1-2-13-11-25-18-20-16(15-5-3-4-10-19-15)17(21(13)18)12-6-8-14(9-7-12)22(23)24/h3-10,13,16-17H,2,11H2,1H3/t13-,16+,17+/m0/s1. The second-order valence-corrected chi connectivity index (χ2v) is 7.17. The lowest BCUT2D eigenvalue weighted by Gasteiger charge is -2.31. The van der Waals surface area contributed by atoms with E-state index in [1.807, 2.05) is 30.3 Å². The molecule has 1 aromatic heterocycles. The predicted molar refractivity (Wildman–Crippen MR) is 98.6 cm³/mol. The Morgan fingerprint density at radius 2 is 2.08 bits per heavy atom. The Hall–Kier alpha value is -2.41. The first-order chi connectivity index (χ1) is 12.2. The number of fused-ring (bicyclic) bond motifs is 1. The fourth-order valence-corrected chi connectivity index (χ4v) is 4.84. The molecule has 2 aliphatic rings. The minimum Gasteiger partial charge on any atom is -0.338 e. The molecule has 0 bridgehead atoms. The Balaban J connectivity index is 1.76. The van der Waals surface area contributed by atoms with Gasteiger partial charge in [-0.15, -0.1) is 0 Å². The molecule has 1 saturated heterocycles. The number of pyridine rings is 1. The quantitative estimate of drug-likeness (QED) is 0.614. The molecule has 25 heavy (non-hydrogen) atoms. The lowest BCUT2D eigenvalue weighted by atomic mass is 9.95. The average Bonchev–Trinajstić information content (AvgIpc) is 3.21. The van der Waals surface area contributed by atoms with Crippen molar-refractivity contribution in [1.82, 2.24) is 9.88 Å². The zero-order valence-electron chi connectivity index (χ0n) is 13.8. The highest BCUT2D eigenvalue weighted by Gasteiger charge is 2.45. The van der Waals surface area contributed by atoms with Crippen molar-refractivity contribution in [3.8, 4) is 0 Å². The van der Waals surface area contributed by atoms with Gasteiger partial charge >= 0.3 is 0 Å². The lowest BCUT2D eigenvalue weighted by Crippen LogP contribution is -2.35. The van der Waals surface area contributed by atoms with Crippen LogP contribution in [0.25, 0.3) is 0 Å². The predicted octanol–water partition coefficient (Wildman–Crippen LogP) is 3.97. The van der Waals surface area contributed by atoms with E-state index >= 15 is 0 Å². The fraction of sp³-hybridized carbons (Fsp3) is 0.333. The number of rotatable bonds is 4. The summed E-state index contributed by atoms with van der Waals surface area (Å²) in [7, 11) is 0. The van der Waals surface area contributed by atoms with Gasteiger partial charge in [0.2, 0.25) is 0 Å². The van der Waals surface area contributed by atoms with Crippen LogP contribution in [-0.4, -0.2) is 31.8 Å². The molecule has 3 atom stereocenters. The number of non-ortho nitro benzene ring substituents is 1. The Kier molecular flexibility index (Phi) is 4.17. The van der Waals surface area contributed by atoms with Crippen LogP contribution in [0, 0.1) is 10.1 Å². The summed E-state index contributed by atoms with van der Waals surface area (Å²) in [5.74, 6) is 1.04. The average molecular weight is 354 g/mol. The Bertz CT molecular complexity index is 810. The van der Waals surface area contributed by atoms with Crippen molar-refractivity contribution in [2.45, 2.75) is 31.5 Å². The molecular formula is C18H18N4O2S. The molecule has 128 valence electrons. The third-order valence-electron chi connectivity index (χ3n) is 4.77. The highest BCUT2D eigenvalue weighted by molar-refractivity contribution is 8.14. The largest absolute Gasteiger partial charge is 0.338 e. The van der Waals surface area contributed by atoms with Crippen LogP contribution in [-0.2, 0) is 0 Å². The number of nitro groups is 1. The zero-order chi connectivity index (χ0) is 17.4. The maximum Gasteiger partial charge on any atom is 0.269 e. The molecule has 0 amide bonds. The van der Waals surface area contributed by atoms with Crippen LogP contribution >= 0.6 is 11.8 Å². The molecule has 1 aromatic carbocycles.